The first-order valence-corrected chi connectivity index (χ1v) is 21.4. The first kappa shape index (κ1) is 61.7. The summed E-state index contributed by atoms with van der Waals surface area (Å²) in [5.41, 5.74) is -29.0. The topological polar surface area (TPSA) is 51.5 Å². The fraction of sp³-hybridized carbons (Fsp3) is 0.312. The third kappa shape index (κ3) is 15.2. The van der Waals surface area contributed by atoms with Crippen molar-refractivity contribution in [2.75, 3.05) is 0 Å². The van der Waals surface area contributed by atoms with E-state index in [9.17, 15) is 105 Å². The standard InChI is InChI=1S/C32H12BF24.C16H20N3/c34-25(35,36)13-1-14(26(37,38)39)6-21(5-13)33(22-7-15(27(40,41)42)2-16(8-22)28(43,44)45,23-9-17(29(46,47)48)3-18(10-23)30(49,50)51)24-11-19(31(52,53)54)4-20(12-24)32(55,56)57;1-2-3-4-6-9-15(16(12-17)13-18)14-19-10-7-5-8-11-19/h1-12H;5,7-8,10-11H,2-4,6,9,14H2,1H3/q-1;+1. The Labute approximate surface area is 414 Å². The summed E-state index contributed by atoms with van der Waals surface area (Å²) in [7, 11) is 0. The van der Waals surface area contributed by atoms with Crippen molar-refractivity contribution in [3.8, 4) is 12.1 Å². The van der Waals surface area contributed by atoms with E-state index >= 15 is 0 Å². The molecule has 0 aliphatic carbocycles. The van der Waals surface area contributed by atoms with Gasteiger partial charge in [0, 0.05) is 17.7 Å². The number of allylic oxidation sites excluding steroid dienone is 2. The monoisotopic (exact) mass is 1120 g/mol. The zero-order valence-corrected chi connectivity index (χ0v) is 38.0. The van der Waals surface area contributed by atoms with Gasteiger partial charge in [0.15, 0.2) is 18.9 Å². The summed E-state index contributed by atoms with van der Waals surface area (Å²) in [5, 5.41) is 18.1. The van der Waals surface area contributed by atoms with Gasteiger partial charge in [-0.05, 0) is 37.1 Å². The zero-order valence-electron chi connectivity index (χ0n) is 38.0. The van der Waals surface area contributed by atoms with Gasteiger partial charge in [0.1, 0.15) is 23.9 Å². The minimum Gasteiger partial charge on any atom is -0.201 e. The van der Waals surface area contributed by atoms with Crippen LogP contribution in [-0.2, 0) is 56.0 Å². The molecule has 1 heterocycles. The third-order valence-corrected chi connectivity index (χ3v) is 11.5. The number of aromatic nitrogens is 1. The molecule has 0 aliphatic heterocycles. The second-order valence-corrected chi connectivity index (χ2v) is 16.8. The molecule has 5 rings (SSSR count). The number of hydrogen-bond donors (Lipinski definition) is 0. The minimum absolute atomic E-state index is 0.271. The van der Waals surface area contributed by atoms with E-state index in [1.807, 2.05) is 47.3 Å². The molecule has 0 fully saturated rings. The van der Waals surface area contributed by atoms with E-state index in [0.29, 0.717) is 6.54 Å². The average molecular weight is 1120 g/mol. The molecule has 0 saturated heterocycles. The van der Waals surface area contributed by atoms with Crippen LogP contribution in [0.1, 0.15) is 83.5 Å². The highest BCUT2D eigenvalue weighted by atomic mass is 19.4. The summed E-state index contributed by atoms with van der Waals surface area (Å²) in [5.74, 6) is 0. The number of nitriles is 2. The molecule has 0 amide bonds. The van der Waals surface area contributed by atoms with Gasteiger partial charge < -0.3 is 0 Å². The fourth-order valence-corrected chi connectivity index (χ4v) is 8.06. The van der Waals surface area contributed by atoms with Crippen molar-refractivity contribution in [1.29, 1.82) is 10.5 Å². The molecule has 0 N–H and O–H groups in total. The maximum absolute atomic E-state index is 14.2. The van der Waals surface area contributed by atoms with Gasteiger partial charge in [-0.15, -0.1) is 0 Å². The quantitative estimate of drug-likeness (QED) is 0.0435. The Balaban J connectivity index is 0.000000552. The Morgan fingerprint density at radius 1 is 0.382 bits per heavy atom. The first-order chi connectivity index (χ1) is 34.6. The molecule has 4 aromatic carbocycles. The fourth-order valence-electron chi connectivity index (χ4n) is 8.06. The minimum atomic E-state index is -6.13. The van der Waals surface area contributed by atoms with Crippen LogP contribution in [-0.4, -0.2) is 6.15 Å². The van der Waals surface area contributed by atoms with Gasteiger partial charge in [0.05, 0.1) is 44.5 Å². The van der Waals surface area contributed by atoms with Crippen LogP contribution < -0.4 is 26.4 Å². The molecule has 1 aromatic heterocycles. The Hall–Kier alpha value is -6.87. The lowest BCUT2D eigenvalue weighted by Crippen LogP contribution is -2.75. The summed E-state index contributed by atoms with van der Waals surface area (Å²) >= 11 is 0. The Morgan fingerprint density at radius 2 is 0.632 bits per heavy atom. The maximum Gasteiger partial charge on any atom is 0.416 e. The van der Waals surface area contributed by atoms with Gasteiger partial charge in [-0.3, -0.25) is 0 Å². The summed E-state index contributed by atoms with van der Waals surface area (Å²) in [6.07, 6.45) is -45.5. The first-order valence-electron chi connectivity index (χ1n) is 21.4. The average Bonchev–Trinajstić information content (AvgIpc) is 3.29. The van der Waals surface area contributed by atoms with E-state index in [-0.39, 0.29) is 5.57 Å². The molecule has 0 atom stereocenters. The maximum atomic E-state index is 14.2. The van der Waals surface area contributed by atoms with Gasteiger partial charge in [-0.25, -0.2) is 4.57 Å². The Bertz CT molecular complexity index is 2510. The van der Waals surface area contributed by atoms with Crippen LogP contribution in [0.2, 0.25) is 0 Å². The summed E-state index contributed by atoms with van der Waals surface area (Å²) in [6.45, 7) is 2.80. The van der Waals surface area contributed by atoms with E-state index in [2.05, 4.69) is 6.92 Å². The van der Waals surface area contributed by atoms with Crippen molar-refractivity contribution in [1.82, 2.24) is 0 Å². The Kier molecular flexibility index (Phi) is 18.2. The highest BCUT2D eigenvalue weighted by Gasteiger charge is 2.47. The van der Waals surface area contributed by atoms with Crippen LogP contribution in [0.5, 0.6) is 0 Å². The molecule has 28 heteroatoms. The number of pyridine rings is 1. The molecule has 0 bridgehead atoms. The lowest BCUT2D eigenvalue weighted by atomic mass is 9.12. The SMILES string of the molecule is CCCCCCC(C[n+]1ccccc1)=C(C#N)C#N.FC(F)(F)c1cc([B-](c2cc(C(F)(F)F)cc(C(F)(F)F)c2)(c2cc(C(F)(F)F)cc(C(F)(F)F)c2)c2cc(C(F)(F)F)cc(C(F)(F)F)c2)cc(C(F)(F)F)c1. The van der Waals surface area contributed by atoms with Crippen LogP contribution in [0, 0.1) is 22.7 Å². The van der Waals surface area contributed by atoms with Crippen LogP contribution in [0.4, 0.5) is 105 Å². The van der Waals surface area contributed by atoms with E-state index in [1.54, 1.807) is 0 Å². The van der Waals surface area contributed by atoms with Gasteiger partial charge in [0.25, 0.3) is 0 Å². The zero-order chi connectivity index (χ0) is 57.8. The predicted molar refractivity (Wildman–Crippen MR) is 224 cm³/mol. The van der Waals surface area contributed by atoms with Crippen molar-refractivity contribution in [2.24, 2.45) is 0 Å². The predicted octanol–water partition coefficient (Wildman–Crippen LogP) is 14.5. The van der Waals surface area contributed by atoms with Gasteiger partial charge in [0.2, 0.25) is 0 Å². The summed E-state index contributed by atoms with van der Waals surface area (Å²) < 4.78 is 343. The van der Waals surface area contributed by atoms with E-state index in [4.69, 9.17) is 10.5 Å². The number of rotatable bonds is 11. The molecular weight excluding hydrogens is 1090 g/mol. The number of benzene rings is 4. The summed E-state index contributed by atoms with van der Waals surface area (Å²) in [6, 6.07) is 1.08. The van der Waals surface area contributed by atoms with E-state index < -0.39 is 195 Å². The number of hydrogen-bond acceptors (Lipinski definition) is 2. The number of halogens is 24. The largest absolute Gasteiger partial charge is 0.416 e. The van der Waals surface area contributed by atoms with Crippen LogP contribution >= 0.6 is 0 Å². The smallest absolute Gasteiger partial charge is 0.201 e. The van der Waals surface area contributed by atoms with E-state index in [0.717, 1.165) is 24.8 Å². The highest BCUT2D eigenvalue weighted by Crippen LogP contribution is 2.41. The van der Waals surface area contributed by atoms with Gasteiger partial charge in [-0.2, -0.15) is 138 Å². The van der Waals surface area contributed by atoms with Gasteiger partial charge >= 0.3 is 49.4 Å². The van der Waals surface area contributed by atoms with Crippen molar-refractivity contribution in [3.05, 3.63) is 159 Å². The summed E-state index contributed by atoms with van der Waals surface area (Å²) in [4.78, 5) is 0. The van der Waals surface area contributed by atoms with Crippen LogP contribution in [0.15, 0.2) is 115 Å². The van der Waals surface area contributed by atoms with Crippen molar-refractivity contribution < 1.29 is 110 Å². The van der Waals surface area contributed by atoms with E-state index in [1.165, 1.54) is 12.8 Å². The van der Waals surface area contributed by atoms with Crippen molar-refractivity contribution in [2.45, 2.75) is 95.0 Å². The molecule has 0 spiro atoms. The molecule has 3 nitrogen and oxygen atoms in total. The van der Waals surface area contributed by atoms with Gasteiger partial charge in [-0.1, -0.05) is 80.8 Å². The second-order valence-electron chi connectivity index (χ2n) is 16.8. The van der Waals surface area contributed by atoms with Crippen LogP contribution in [0.3, 0.4) is 0 Å². The number of unbranched alkanes of at least 4 members (excludes halogenated alkanes) is 3. The number of nitrogens with zero attached hydrogens (tertiary/aromatic N) is 3. The molecule has 5 aromatic rings. The molecule has 410 valence electrons. The van der Waals surface area contributed by atoms with Crippen LogP contribution in [0.25, 0.3) is 0 Å². The molecule has 0 radical (unpaired) electrons. The highest BCUT2D eigenvalue weighted by molar-refractivity contribution is 7.20. The molecule has 0 saturated carbocycles. The lowest BCUT2D eigenvalue weighted by molar-refractivity contribution is -0.689. The van der Waals surface area contributed by atoms with Crippen molar-refractivity contribution >= 4 is 28.0 Å². The molecule has 76 heavy (non-hydrogen) atoms. The molecular formula is C48H32BF24N3. The molecule has 0 unspecified atom stereocenters. The number of alkyl halides is 24. The molecule has 0 aliphatic rings. The lowest BCUT2D eigenvalue weighted by Gasteiger charge is -2.46. The third-order valence-electron chi connectivity index (χ3n) is 11.5. The Morgan fingerprint density at radius 3 is 0.842 bits per heavy atom. The normalized spacial score (nSPS) is 13.1. The second kappa shape index (κ2) is 22.4. The van der Waals surface area contributed by atoms with Crippen molar-refractivity contribution in [3.63, 3.8) is 0 Å².